The highest BCUT2D eigenvalue weighted by Crippen LogP contribution is 2.28. The van der Waals surface area contributed by atoms with E-state index < -0.39 is 5.60 Å². The number of carbonyl (C=O) groups is 1. The predicted molar refractivity (Wildman–Crippen MR) is 78.3 cm³/mol. The molecule has 0 spiro atoms. The van der Waals surface area contributed by atoms with Crippen LogP contribution in [0.4, 0.5) is 4.79 Å². The Balaban J connectivity index is 1.97. The van der Waals surface area contributed by atoms with Crippen LogP contribution in [0.1, 0.15) is 40.2 Å². The highest BCUT2D eigenvalue weighted by Gasteiger charge is 2.33. The Labute approximate surface area is 127 Å². The summed E-state index contributed by atoms with van der Waals surface area (Å²) in [5, 5.41) is 8.54. The largest absolute Gasteiger partial charge is 0.444 e. The van der Waals surface area contributed by atoms with Crippen LogP contribution in [0.25, 0.3) is 0 Å². The Morgan fingerprint density at radius 2 is 2.20 bits per heavy atom. The Kier molecular flexibility index (Phi) is 4.36. The molecule has 2 unspecified atom stereocenters. The molecule has 1 aromatic heterocycles. The quantitative estimate of drug-likeness (QED) is 0.785. The molecule has 7 heteroatoms. The van der Waals surface area contributed by atoms with Crippen molar-refractivity contribution in [2.24, 2.45) is 5.92 Å². The van der Waals surface area contributed by atoms with Crippen LogP contribution in [0.15, 0.2) is 10.8 Å². The average Bonchev–Trinajstić information content (AvgIpc) is 2.73. The molecule has 1 aromatic rings. The maximum atomic E-state index is 12.1. The van der Waals surface area contributed by atoms with Gasteiger partial charge < -0.3 is 9.64 Å². The lowest BCUT2D eigenvalue weighted by molar-refractivity contribution is 0.0109. The molecule has 0 radical (unpaired) electrons. The maximum Gasteiger partial charge on any atom is 0.410 e. The normalized spacial score (nSPS) is 23.8. The molecule has 0 saturated carbocycles. The number of halogens is 1. The molecule has 1 fully saturated rings. The first-order chi connectivity index (χ1) is 9.26. The fourth-order valence-corrected chi connectivity index (χ4v) is 2.64. The topological polar surface area (TPSA) is 60.2 Å². The summed E-state index contributed by atoms with van der Waals surface area (Å²) in [6.45, 7) is 9.09. The highest BCUT2D eigenvalue weighted by molar-refractivity contribution is 9.10. The molecule has 0 bridgehead atoms. The first-order valence-corrected chi connectivity index (χ1v) is 7.61. The minimum Gasteiger partial charge on any atom is -0.444 e. The second-order valence-electron chi connectivity index (χ2n) is 6.25. The van der Waals surface area contributed by atoms with Gasteiger partial charge in [0.05, 0.1) is 12.2 Å². The molecular formula is C13H21BrN4O2. The van der Waals surface area contributed by atoms with Crippen molar-refractivity contribution < 1.29 is 9.53 Å². The molecular weight excluding hydrogens is 324 g/mol. The third-order valence-electron chi connectivity index (χ3n) is 3.29. The van der Waals surface area contributed by atoms with Crippen LogP contribution < -0.4 is 0 Å². The summed E-state index contributed by atoms with van der Waals surface area (Å²) in [6, 6.07) is 0.222. The molecule has 1 saturated heterocycles. The van der Waals surface area contributed by atoms with E-state index in [4.69, 9.17) is 4.74 Å². The monoisotopic (exact) mass is 344 g/mol. The zero-order valence-electron chi connectivity index (χ0n) is 12.3. The first-order valence-electron chi connectivity index (χ1n) is 6.81. The van der Waals surface area contributed by atoms with Crippen molar-refractivity contribution in [2.75, 3.05) is 13.1 Å². The number of hydrogen-bond acceptors (Lipinski definition) is 4. The Morgan fingerprint density at radius 3 is 2.70 bits per heavy atom. The predicted octanol–water partition coefficient (Wildman–Crippen LogP) is 2.86. The zero-order valence-corrected chi connectivity index (χ0v) is 13.9. The summed E-state index contributed by atoms with van der Waals surface area (Å²) in [6.07, 6.45) is 2.28. The first kappa shape index (κ1) is 15.3. The van der Waals surface area contributed by atoms with Gasteiger partial charge in [0.25, 0.3) is 0 Å². The van der Waals surface area contributed by atoms with Gasteiger partial charge in [-0.3, -0.25) is 0 Å². The molecule has 1 amide bonds. The Hall–Kier alpha value is -1.11. The van der Waals surface area contributed by atoms with Gasteiger partial charge in [0, 0.05) is 13.1 Å². The third kappa shape index (κ3) is 3.71. The van der Waals surface area contributed by atoms with Crippen molar-refractivity contribution in [3.63, 3.8) is 0 Å². The van der Waals surface area contributed by atoms with Crippen LogP contribution in [0.5, 0.6) is 0 Å². The lowest BCUT2D eigenvalue weighted by Gasteiger charge is -2.36. The molecule has 112 valence electrons. The van der Waals surface area contributed by atoms with Crippen molar-refractivity contribution in [2.45, 2.75) is 45.8 Å². The van der Waals surface area contributed by atoms with Crippen LogP contribution in [-0.2, 0) is 4.74 Å². The van der Waals surface area contributed by atoms with Gasteiger partial charge in [-0.2, -0.15) is 9.90 Å². The van der Waals surface area contributed by atoms with E-state index in [1.54, 1.807) is 15.9 Å². The summed E-state index contributed by atoms with van der Waals surface area (Å²) in [5.74, 6) is 0.288. The minimum atomic E-state index is -0.453. The van der Waals surface area contributed by atoms with E-state index in [9.17, 15) is 4.79 Å². The van der Waals surface area contributed by atoms with Gasteiger partial charge in [-0.1, -0.05) is 6.92 Å². The molecule has 0 aromatic carbocycles. The fraction of sp³-hybridized carbons (Fsp3) is 0.769. The summed E-state index contributed by atoms with van der Waals surface area (Å²) in [7, 11) is 0. The third-order valence-corrected chi connectivity index (χ3v) is 3.65. The summed E-state index contributed by atoms with van der Waals surface area (Å²) >= 11 is 3.31. The van der Waals surface area contributed by atoms with Gasteiger partial charge in [-0.15, -0.1) is 5.10 Å². The highest BCUT2D eigenvalue weighted by atomic mass is 79.9. The van der Waals surface area contributed by atoms with Gasteiger partial charge in [0.15, 0.2) is 0 Å². The van der Waals surface area contributed by atoms with Crippen LogP contribution >= 0.6 is 15.9 Å². The van der Waals surface area contributed by atoms with E-state index >= 15 is 0 Å². The molecule has 2 atom stereocenters. The summed E-state index contributed by atoms with van der Waals surface area (Å²) in [4.78, 5) is 15.6. The van der Waals surface area contributed by atoms with Gasteiger partial charge in [-0.25, -0.2) is 4.79 Å². The smallest absolute Gasteiger partial charge is 0.410 e. The lowest BCUT2D eigenvalue weighted by Crippen LogP contribution is -2.45. The molecule has 0 aliphatic carbocycles. The van der Waals surface area contributed by atoms with Crippen molar-refractivity contribution >= 4 is 22.0 Å². The average molecular weight is 345 g/mol. The van der Waals surface area contributed by atoms with E-state index in [0.717, 1.165) is 11.0 Å². The number of nitrogens with zero attached hydrogens (tertiary/aromatic N) is 4. The number of piperidine rings is 1. The number of likely N-dealkylation sites (tertiary alicyclic amines) is 1. The maximum absolute atomic E-state index is 12.1. The number of ether oxygens (including phenoxy) is 1. The van der Waals surface area contributed by atoms with Crippen LogP contribution in [0.3, 0.4) is 0 Å². The van der Waals surface area contributed by atoms with Crippen LogP contribution in [0.2, 0.25) is 0 Å². The second-order valence-corrected chi connectivity index (χ2v) is 7.06. The van der Waals surface area contributed by atoms with E-state index in [0.29, 0.717) is 13.1 Å². The zero-order chi connectivity index (χ0) is 14.9. The Bertz CT molecular complexity index is 483. The van der Waals surface area contributed by atoms with Crippen molar-refractivity contribution in [1.82, 2.24) is 19.9 Å². The molecule has 1 aliphatic rings. The van der Waals surface area contributed by atoms with Gasteiger partial charge in [0.1, 0.15) is 10.2 Å². The van der Waals surface area contributed by atoms with Crippen molar-refractivity contribution in [1.29, 1.82) is 0 Å². The van der Waals surface area contributed by atoms with E-state index in [2.05, 4.69) is 33.1 Å². The SMILES string of the molecule is CC1CN(C(=O)OC(C)(C)C)CCC1n1ncc(Br)n1. The van der Waals surface area contributed by atoms with Crippen molar-refractivity contribution in [3.05, 3.63) is 10.8 Å². The van der Waals surface area contributed by atoms with E-state index in [1.165, 1.54) is 0 Å². The number of rotatable bonds is 1. The van der Waals surface area contributed by atoms with Crippen LogP contribution in [-0.4, -0.2) is 44.7 Å². The van der Waals surface area contributed by atoms with E-state index in [-0.39, 0.29) is 18.1 Å². The standard InChI is InChI=1S/C13H21BrN4O2/c1-9-8-17(12(19)20-13(2,3)4)6-5-10(9)18-15-7-11(14)16-18/h7,9-10H,5-6,8H2,1-4H3. The van der Waals surface area contributed by atoms with Crippen molar-refractivity contribution in [3.8, 4) is 0 Å². The number of aromatic nitrogens is 3. The van der Waals surface area contributed by atoms with Gasteiger partial charge >= 0.3 is 6.09 Å². The fourth-order valence-electron chi connectivity index (χ4n) is 2.38. The van der Waals surface area contributed by atoms with E-state index in [1.807, 2.05) is 20.8 Å². The molecule has 0 N–H and O–H groups in total. The Morgan fingerprint density at radius 1 is 1.50 bits per heavy atom. The molecule has 1 aliphatic heterocycles. The molecule has 20 heavy (non-hydrogen) atoms. The number of amides is 1. The molecule has 2 rings (SSSR count). The molecule has 6 nitrogen and oxygen atoms in total. The lowest BCUT2D eigenvalue weighted by atomic mass is 9.95. The second kappa shape index (κ2) is 5.71. The number of hydrogen-bond donors (Lipinski definition) is 0. The minimum absolute atomic E-state index is 0.222. The van der Waals surface area contributed by atoms with Crippen LogP contribution in [0, 0.1) is 5.92 Å². The summed E-state index contributed by atoms with van der Waals surface area (Å²) < 4.78 is 6.15. The van der Waals surface area contributed by atoms with Gasteiger partial charge in [-0.05, 0) is 49.0 Å². The molecule has 2 heterocycles. The number of carbonyl (C=O) groups excluding carboxylic acids is 1. The summed E-state index contributed by atoms with van der Waals surface area (Å²) in [5.41, 5.74) is -0.453. The van der Waals surface area contributed by atoms with Gasteiger partial charge in [0.2, 0.25) is 0 Å².